The first-order chi connectivity index (χ1) is 10.0. The van der Waals surface area contributed by atoms with Gasteiger partial charge in [0.05, 0.1) is 0 Å². The van der Waals surface area contributed by atoms with Crippen molar-refractivity contribution in [3.05, 3.63) is 4.88 Å². The largest absolute Gasteiger partial charge is 0.382 e. The Balaban J connectivity index is 1.70. The molecule has 3 atom stereocenters. The second-order valence-electron chi connectivity index (χ2n) is 6.19. The SMILES string of the molecule is CC1CCCC1NC(=O)c1sc(N2CCC(N)C2)nc1N. The summed E-state index contributed by atoms with van der Waals surface area (Å²) in [5, 5.41) is 3.92. The number of anilines is 2. The number of carbonyl (C=O) groups is 1. The van der Waals surface area contributed by atoms with E-state index in [-0.39, 0.29) is 18.0 Å². The average molecular weight is 309 g/mol. The van der Waals surface area contributed by atoms with Gasteiger partial charge in [0.25, 0.3) is 5.91 Å². The fourth-order valence-electron chi connectivity index (χ4n) is 3.17. The van der Waals surface area contributed by atoms with Crippen LogP contribution in [0.15, 0.2) is 0 Å². The lowest BCUT2D eigenvalue weighted by molar-refractivity contribution is 0.0934. The van der Waals surface area contributed by atoms with E-state index in [0.717, 1.165) is 31.1 Å². The maximum atomic E-state index is 12.4. The number of thiazole rings is 1. The van der Waals surface area contributed by atoms with E-state index < -0.39 is 0 Å². The summed E-state index contributed by atoms with van der Waals surface area (Å²) in [5.41, 5.74) is 11.8. The molecule has 1 saturated heterocycles. The molecule has 1 aliphatic carbocycles. The van der Waals surface area contributed by atoms with Crippen molar-refractivity contribution in [2.75, 3.05) is 23.7 Å². The smallest absolute Gasteiger partial charge is 0.265 e. The number of aromatic nitrogens is 1. The first kappa shape index (κ1) is 14.6. The highest BCUT2D eigenvalue weighted by Crippen LogP contribution is 2.31. The number of hydrogen-bond acceptors (Lipinski definition) is 6. The minimum Gasteiger partial charge on any atom is -0.382 e. The van der Waals surface area contributed by atoms with Crippen molar-refractivity contribution in [2.45, 2.75) is 44.7 Å². The van der Waals surface area contributed by atoms with E-state index in [1.165, 1.54) is 24.2 Å². The normalized spacial score (nSPS) is 29.0. The van der Waals surface area contributed by atoms with Crippen LogP contribution in [0.3, 0.4) is 0 Å². The van der Waals surface area contributed by atoms with Gasteiger partial charge in [-0.3, -0.25) is 4.79 Å². The maximum Gasteiger partial charge on any atom is 0.265 e. The first-order valence-electron chi connectivity index (χ1n) is 7.62. The van der Waals surface area contributed by atoms with Crippen molar-refractivity contribution >= 4 is 28.2 Å². The summed E-state index contributed by atoms with van der Waals surface area (Å²) in [6, 6.07) is 0.453. The van der Waals surface area contributed by atoms with E-state index >= 15 is 0 Å². The van der Waals surface area contributed by atoms with Crippen LogP contribution < -0.4 is 21.7 Å². The Morgan fingerprint density at radius 1 is 1.43 bits per heavy atom. The van der Waals surface area contributed by atoms with E-state index in [1.807, 2.05) is 0 Å². The molecular weight excluding hydrogens is 286 g/mol. The van der Waals surface area contributed by atoms with Gasteiger partial charge in [-0.1, -0.05) is 24.7 Å². The first-order valence-corrected chi connectivity index (χ1v) is 8.44. The summed E-state index contributed by atoms with van der Waals surface area (Å²) in [7, 11) is 0. The standard InChI is InChI=1S/C14H23N5OS/c1-8-3-2-4-10(8)17-13(20)11-12(16)18-14(21-11)19-6-5-9(15)7-19/h8-10H,2-7,15-16H2,1H3,(H,17,20). The van der Waals surface area contributed by atoms with Crippen molar-refractivity contribution in [3.8, 4) is 0 Å². The molecule has 1 aromatic heterocycles. The molecule has 2 aliphatic rings. The predicted octanol–water partition coefficient (Wildman–Crippen LogP) is 1.18. The van der Waals surface area contributed by atoms with Gasteiger partial charge in [0.15, 0.2) is 5.13 Å². The quantitative estimate of drug-likeness (QED) is 0.779. The molecule has 0 bridgehead atoms. The molecule has 3 unspecified atom stereocenters. The van der Waals surface area contributed by atoms with Crippen LogP contribution in [0.2, 0.25) is 0 Å². The third-order valence-electron chi connectivity index (χ3n) is 4.52. The van der Waals surface area contributed by atoms with Crippen LogP contribution in [-0.4, -0.2) is 36.1 Å². The molecule has 116 valence electrons. The number of nitrogens with two attached hydrogens (primary N) is 2. The van der Waals surface area contributed by atoms with Crippen molar-refractivity contribution in [1.82, 2.24) is 10.3 Å². The molecule has 1 aliphatic heterocycles. The monoisotopic (exact) mass is 309 g/mol. The molecule has 3 rings (SSSR count). The zero-order chi connectivity index (χ0) is 15.0. The van der Waals surface area contributed by atoms with Gasteiger partial charge in [-0.2, -0.15) is 0 Å². The Morgan fingerprint density at radius 2 is 2.24 bits per heavy atom. The third kappa shape index (κ3) is 2.98. The second-order valence-corrected chi connectivity index (χ2v) is 7.17. The van der Waals surface area contributed by atoms with Crippen LogP contribution in [-0.2, 0) is 0 Å². The molecule has 0 aromatic carbocycles. The fraction of sp³-hybridized carbons (Fsp3) is 0.714. The number of hydrogen-bond donors (Lipinski definition) is 3. The average Bonchev–Trinajstić information content (AvgIpc) is 3.12. The van der Waals surface area contributed by atoms with Crippen LogP contribution >= 0.6 is 11.3 Å². The molecular formula is C14H23N5OS. The number of carbonyl (C=O) groups excluding carboxylic acids is 1. The highest BCUT2D eigenvalue weighted by atomic mass is 32.1. The molecule has 2 heterocycles. The summed E-state index contributed by atoms with van der Waals surface area (Å²) in [4.78, 5) is 19.4. The lowest BCUT2D eigenvalue weighted by Crippen LogP contribution is -2.36. The summed E-state index contributed by atoms with van der Waals surface area (Å²) in [6.45, 7) is 3.85. The Bertz CT molecular complexity index is 531. The summed E-state index contributed by atoms with van der Waals surface area (Å²) >= 11 is 1.37. The van der Waals surface area contributed by atoms with Gasteiger partial charge < -0.3 is 21.7 Å². The lowest BCUT2D eigenvalue weighted by Gasteiger charge is -2.16. The molecule has 0 spiro atoms. The predicted molar refractivity (Wildman–Crippen MR) is 85.6 cm³/mol. The molecule has 0 radical (unpaired) electrons. The van der Waals surface area contributed by atoms with Gasteiger partial charge in [-0.05, 0) is 25.2 Å². The van der Waals surface area contributed by atoms with Gasteiger partial charge >= 0.3 is 0 Å². The molecule has 6 nitrogen and oxygen atoms in total. The molecule has 7 heteroatoms. The molecule has 1 aromatic rings. The molecule has 21 heavy (non-hydrogen) atoms. The number of nitrogens with one attached hydrogen (secondary N) is 1. The number of amides is 1. The zero-order valence-corrected chi connectivity index (χ0v) is 13.2. The van der Waals surface area contributed by atoms with Crippen molar-refractivity contribution in [2.24, 2.45) is 11.7 Å². The van der Waals surface area contributed by atoms with Crippen LogP contribution in [0.1, 0.15) is 42.3 Å². The molecule has 5 N–H and O–H groups in total. The molecule has 2 fully saturated rings. The van der Waals surface area contributed by atoms with Gasteiger partial charge in [0.2, 0.25) is 0 Å². The number of nitrogen functional groups attached to an aromatic ring is 1. The minimum absolute atomic E-state index is 0.0847. The van der Waals surface area contributed by atoms with Crippen LogP contribution in [0.25, 0.3) is 0 Å². The number of nitrogens with zero attached hydrogens (tertiary/aromatic N) is 2. The fourth-order valence-corrected chi connectivity index (χ4v) is 4.10. The van der Waals surface area contributed by atoms with Crippen LogP contribution in [0, 0.1) is 5.92 Å². The third-order valence-corrected chi connectivity index (χ3v) is 5.65. The van der Waals surface area contributed by atoms with Crippen molar-refractivity contribution in [3.63, 3.8) is 0 Å². The maximum absolute atomic E-state index is 12.4. The summed E-state index contributed by atoms with van der Waals surface area (Å²) < 4.78 is 0. The Labute approximate surface area is 128 Å². The van der Waals surface area contributed by atoms with E-state index in [2.05, 4.69) is 22.1 Å². The Kier molecular flexibility index (Phi) is 4.03. The highest BCUT2D eigenvalue weighted by Gasteiger charge is 2.28. The topological polar surface area (TPSA) is 97.3 Å². The van der Waals surface area contributed by atoms with E-state index in [4.69, 9.17) is 11.5 Å². The zero-order valence-electron chi connectivity index (χ0n) is 12.3. The number of rotatable bonds is 3. The highest BCUT2D eigenvalue weighted by molar-refractivity contribution is 7.18. The van der Waals surface area contributed by atoms with E-state index in [9.17, 15) is 4.79 Å². The summed E-state index contributed by atoms with van der Waals surface area (Å²) in [6.07, 6.45) is 4.38. The van der Waals surface area contributed by atoms with Crippen LogP contribution in [0.5, 0.6) is 0 Å². The van der Waals surface area contributed by atoms with Crippen molar-refractivity contribution < 1.29 is 4.79 Å². The lowest BCUT2D eigenvalue weighted by atomic mass is 10.1. The van der Waals surface area contributed by atoms with Crippen LogP contribution in [0.4, 0.5) is 10.9 Å². The van der Waals surface area contributed by atoms with Gasteiger partial charge in [-0.25, -0.2) is 4.98 Å². The molecule has 1 amide bonds. The minimum atomic E-state index is -0.0847. The molecule has 1 saturated carbocycles. The Morgan fingerprint density at radius 3 is 2.86 bits per heavy atom. The van der Waals surface area contributed by atoms with Gasteiger partial charge in [-0.15, -0.1) is 0 Å². The van der Waals surface area contributed by atoms with Gasteiger partial charge in [0, 0.05) is 25.2 Å². The van der Waals surface area contributed by atoms with Crippen molar-refractivity contribution in [1.29, 1.82) is 0 Å². The summed E-state index contributed by atoms with van der Waals surface area (Å²) in [5.74, 6) is 0.788. The Hall–Kier alpha value is -1.34. The van der Waals surface area contributed by atoms with E-state index in [1.54, 1.807) is 0 Å². The van der Waals surface area contributed by atoms with E-state index in [0.29, 0.717) is 16.6 Å². The van der Waals surface area contributed by atoms with Gasteiger partial charge in [0.1, 0.15) is 10.7 Å². The second kappa shape index (κ2) is 5.81.